The lowest BCUT2D eigenvalue weighted by atomic mass is 9.83. The quantitative estimate of drug-likeness (QED) is 0.666. The van der Waals surface area contributed by atoms with Gasteiger partial charge in [0, 0.05) is 18.7 Å². The Morgan fingerprint density at radius 3 is 2.29 bits per heavy atom. The molecule has 0 aromatic rings. The Balaban J connectivity index is 2.45. The lowest BCUT2D eigenvalue weighted by molar-refractivity contribution is -0.130. The van der Waals surface area contributed by atoms with E-state index >= 15 is 0 Å². The minimum absolute atomic E-state index is 0.00617. The van der Waals surface area contributed by atoms with E-state index in [1.807, 2.05) is 13.8 Å². The molecular weight excluding hydrogens is 199 g/mol. The van der Waals surface area contributed by atoms with Crippen LogP contribution in [-0.4, -0.2) is 25.7 Å². The summed E-state index contributed by atoms with van der Waals surface area (Å²) < 4.78 is 16.3. The summed E-state index contributed by atoms with van der Waals surface area (Å²) in [5.74, 6) is 0.579. The number of ketones is 1. The molecule has 1 aliphatic rings. The molecule has 1 aliphatic carbocycles. The molecule has 0 aliphatic heterocycles. The van der Waals surface area contributed by atoms with Crippen LogP contribution in [0, 0.1) is 11.3 Å². The Kier molecular flexibility index (Phi) is 3.23. The molecule has 4 heteroatoms. The summed E-state index contributed by atoms with van der Waals surface area (Å²) in [6.45, 7) is 6.96. The van der Waals surface area contributed by atoms with Crippen molar-refractivity contribution in [2.45, 2.75) is 26.7 Å². The first-order valence-electron chi connectivity index (χ1n) is 4.96. The predicted octanol–water partition coefficient (Wildman–Crippen LogP) is 2.55. The smallest absolute Gasteiger partial charge is 0.197 e. The van der Waals surface area contributed by atoms with Crippen molar-refractivity contribution in [2.24, 2.45) is 11.3 Å². The number of carbonyl (C=O) groups is 1. The molecule has 0 saturated heterocycles. The molecule has 0 atom stereocenters. The Bertz CT molecular complexity index is 273. The summed E-state index contributed by atoms with van der Waals surface area (Å²) in [7, 11) is -2.52. The number of Topliss-reactive ketones (excluding diaryl/α,β-unsaturated/α-hetero) is 1. The van der Waals surface area contributed by atoms with E-state index in [9.17, 15) is 9.36 Å². The van der Waals surface area contributed by atoms with Crippen LogP contribution >= 0.6 is 7.37 Å². The minimum Gasteiger partial charge on any atom is -0.321 e. The van der Waals surface area contributed by atoms with E-state index in [1.54, 1.807) is 0 Å². The topological polar surface area (TPSA) is 43.4 Å². The van der Waals surface area contributed by atoms with Gasteiger partial charge in [0.2, 0.25) is 0 Å². The van der Waals surface area contributed by atoms with E-state index in [1.165, 1.54) is 13.3 Å². The fraction of sp³-hybridized carbons (Fsp3) is 0.900. The SMILES string of the molecule is CC(C)(C(=O)COP(C)(C)=O)C1CC1. The van der Waals surface area contributed by atoms with Gasteiger partial charge < -0.3 is 4.52 Å². The molecule has 0 heterocycles. The summed E-state index contributed by atoms with van der Waals surface area (Å²) in [6.07, 6.45) is 2.27. The Hall–Kier alpha value is -0.140. The zero-order valence-electron chi connectivity index (χ0n) is 9.37. The lowest BCUT2D eigenvalue weighted by Crippen LogP contribution is -2.29. The van der Waals surface area contributed by atoms with E-state index in [0.717, 1.165) is 12.8 Å². The van der Waals surface area contributed by atoms with Gasteiger partial charge in [-0.15, -0.1) is 0 Å². The molecule has 1 saturated carbocycles. The van der Waals surface area contributed by atoms with Gasteiger partial charge in [0.25, 0.3) is 0 Å². The van der Waals surface area contributed by atoms with E-state index in [2.05, 4.69) is 0 Å². The number of rotatable bonds is 5. The van der Waals surface area contributed by atoms with E-state index in [0.29, 0.717) is 5.92 Å². The van der Waals surface area contributed by atoms with E-state index in [4.69, 9.17) is 4.52 Å². The third-order valence-electron chi connectivity index (χ3n) is 2.82. The van der Waals surface area contributed by atoms with Gasteiger partial charge in [-0.3, -0.25) is 9.36 Å². The van der Waals surface area contributed by atoms with Crippen molar-refractivity contribution < 1.29 is 13.9 Å². The van der Waals surface area contributed by atoms with E-state index in [-0.39, 0.29) is 17.8 Å². The second-order valence-corrected chi connectivity index (χ2v) is 7.71. The highest BCUT2D eigenvalue weighted by molar-refractivity contribution is 7.57. The normalized spacial score (nSPS) is 18.3. The highest BCUT2D eigenvalue weighted by Crippen LogP contribution is 2.46. The fourth-order valence-electron chi connectivity index (χ4n) is 1.43. The molecule has 0 N–H and O–H groups in total. The van der Waals surface area contributed by atoms with Crippen molar-refractivity contribution in [3.8, 4) is 0 Å². The van der Waals surface area contributed by atoms with Crippen molar-refractivity contribution >= 4 is 13.2 Å². The maximum atomic E-state index is 11.7. The molecule has 0 radical (unpaired) electrons. The number of hydrogen-bond acceptors (Lipinski definition) is 3. The van der Waals surface area contributed by atoms with Crippen LogP contribution in [-0.2, 0) is 13.9 Å². The fourth-order valence-corrected chi connectivity index (χ4v) is 1.86. The van der Waals surface area contributed by atoms with Gasteiger partial charge in [0.15, 0.2) is 13.2 Å². The Morgan fingerprint density at radius 1 is 1.43 bits per heavy atom. The van der Waals surface area contributed by atoms with Gasteiger partial charge >= 0.3 is 0 Å². The summed E-state index contributed by atoms with van der Waals surface area (Å²) in [4.78, 5) is 11.7. The van der Waals surface area contributed by atoms with Gasteiger partial charge in [-0.05, 0) is 18.8 Å². The summed E-state index contributed by atoms with van der Waals surface area (Å²) in [6, 6.07) is 0. The molecule has 1 fully saturated rings. The van der Waals surface area contributed by atoms with Crippen molar-refractivity contribution in [2.75, 3.05) is 19.9 Å². The summed E-state index contributed by atoms with van der Waals surface area (Å²) in [5, 5.41) is 0. The standard InChI is InChI=1S/C10H19O3P/c1-10(2,8-5-6-8)9(11)7-13-14(3,4)12/h8H,5-7H2,1-4H3. The first-order valence-corrected chi connectivity index (χ1v) is 7.48. The zero-order chi connectivity index (χ0) is 11.0. The molecule has 0 aromatic heterocycles. The first kappa shape index (κ1) is 11.9. The largest absolute Gasteiger partial charge is 0.321 e. The zero-order valence-corrected chi connectivity index (χ0v) is 10.3. The second kappa shape index (κ2) is 3.79. The van der Waals surface area contributed by atoms with Crippen LogP contribution in [0.5, 0.6) is 0 Å². The van der Waals surface area contributed by atoms with Gasteiger partial charge in [-0.25, -0.2) is 0 Å². The molecule has 14 heavy (non-hydrogen) atoms. The highest BCUT2D eigenvalue weighted by Gasteiger charge is 2.43. The number of carbonyl (C=O) groups excluding carboxylic acids is 1. The average molecular weight is 218 g/mol. The Labute approximate surface area is 85.7 Å². The van der Waals surface area contributed by atoms with Crippen LogP contribution in [0.4, 0.5) is 0 Å². The van der Waals surface area contributed by atoms with Crippen molar-refractivity contribution in [1.29, 1.82) is 0 Å². The molecule has 0 aromatic carbocycles. The third-order valence-corrected chi connectivity index (χ3v) is 3.57. The van der Waals surface area contributed by atoms with Crippen LogP contribution in [0.2, 0.25) is 0 Å². The molecule has 82 valence electrons. The van der Waals surface area contributed by atoms with Crippen LogP contribution < -0.4 is 0 Å². The average Bonchev–Trinajstić information content (AvgIpc) is 2.80. The molecule has 0 amide bonds. The predicted molar refractivity (Wildman–Crippen MR) is 56.9 cm³/mol. The molecule has 0 unspecified atom stereocenters. The third kappa shape index (κ3) is 3.21. The maximum Gasteiger partial charge on any atom is 0.197 e. The number of hydrogen-bond donors (Lipinski definition) is 0. The van der Waals surface area contributed by atoms with Crippen LogP contribution in [0.15, 0.2) is 0 Å². The monoisotopic (exact) mass is 218 g/mol. The lowest BCUT2D eigenvalue weighted by Gasteiger charge is -2.22. The van der Waals surface area contributed by atoms with Crippen molar-refractivity contribution in [1.82, 2.24) is 0 Å². The molecule has 0 spiro atoms. The summed E-state index contributed by atoms with van der Waals surface area (Å²) in [5.41, 5.74) is -0.296. The molecule has 0 bridgehead atoms. The minimum atomic E-state index is -2.52. The van der Waals surface area contributed by atoms with Gasteiger partial charge in [-0.2, -0.15) is 0 Å². The molecular formula is C10H19O3P. The van der Waals surface area contributed by atoms with Gasteiger partial charge in [0.05, 0.1) is 0 Å². The van der Waals surface area contributed by atoms with Crippen LogP contribution in [0.25, 0.3) is 0 Å². The van der Waals surface area contributed by atoms with Gasteiger partial charge in [-0.1, -0.05) is 13.8 Å². The highest BCUT2D eigenvalue weighted by atomic mass is 31.2. The second-order valence-electron chi connectivity index (χ2n) is 4.94. The van der Waals surface area contributed by atoms with Gasteiger partial charge in [0.1, 0.15) is 6.61 Å². The summed E-state index contributed by atoms with van der Waals surface area (Å²) >= 11 is 0. The van der Waals surface area contributed by atoms with Crippen LogP contribution in [0.3, 0.4) is 0 Å². The maximum absolute atomic E-state index is 11.7. The first-order chi connectivity index (χ1) is 6.23. The molecule has 3 nitrogen and oxygen atoms in total. The van der Waals surface area contributed by atoms with Crippen molar-refractivity contribution in [3.63, 3.8) is 0 Å². The van der Waals surface area contributed by atoms with E-state index < -0.39 is 7.37 Å². The molecule has 1 rings (SSSR count). The Morgan fingerprint density at radius 2 is 1.93 bits per heavy atom. The van der Waals surface area contributed by atoms with Crippen molar-refractivity contribution in [3.05, 3.63) is 0 Å². The van der Waals surface area contributed by atoms with Crippen LogP contribution in [0.1, 0.15) is 26.7 Å².